The zero-order chi connectivity index (χ0) is 19.1. The van der Waals surface area contributed by atoms with Crippen molar-refractivity contribution in [2.45, 2.75) is 50.4 Å². The second kappa shape index (κ2) is 12.1. The van der Waals surface area contributed by atoms with Crippen molar-refractivity contribution in [3.05, 3.63) is 0 Å². The van der Waals surface area contributed by atoms with Gasteiger partial charge in [-0.2, -0.15) is 0 Å². The number of rotatable bonds is 5. The number of aliphatic imine (C=N–C) groups is 1. The van der Waals surface area contributed by atoms with Crippen LogP contribution in [0.4, 0.5) is 0 Å². The number of nitrogens with one attached hydrogen (secondary N) is 1. The zero-order valence-electron chi connectivity index (χ0n) is 17.1. The van der Waals surface area contributed by atoms with Crippen molar-refractivity contribution < 1.29 is 19.0 Å². The Labute approximate surface area is 185 Å². The summed E-state index contributed by atoms with van der Waals surface area (Å²) < 4.78 is 17.6. The van der Waals surface area contributed by atoms with E-state index in [0.717, 1.165) is 64.5 Å². The molecule has 3 aliphatic rings. The van der Waals surface area contributed by atoms with Crippen LogP contribution in [0.1, 0.15) is 32.1 Å². The normalized spacial score (nSPS) is 28.6. The standard InChI is InChI=1S/C19H34N4O4.HI/c1-22(2)18(24)13-21-19(20-12-15-6-3-4-9-25-15)23-8-11-27-17(14-23)16-7-5-10-26-16;/h15-17H,3-14H2,1-2H3,(H,20,21);1H. The van der Waals surface area contributed by atoms with Gasteiger partial charge >= 0.3 is 0 Å². The molecule has 0 spiro atoms. The van der Waals surface area contributed by atoms with Crippen LogP contribution in [0.3, 0.4) is 0 Å². The van der Waals surface area contributed by atoms with Gasteiger partial charge in [-0.1, -0.05) is 0 Å². The Morgan fingerprint density at radius 3 is 2.54 bits per heavy atom. The lowest BCUT2D eigenvalue weighted by Gasteiger charge is -2.37. The van der Waals surface area contributed by atoms with E-state index in [0.29, 0.717) is 6.61 Å². The van der Waals surface area contributed by atoms with Crippen molar-refractivity contribution in [1.82, 2.24) is 15.1 Å². The lowest BCUT2D eigenvalue weighted by molar-refractivity contribution is -0.127. The number of hydrogen-bond donors (Lipinski definition) is 1. The number of hydrogen-bond acceptors (Lipinski definition) is 5. The van der Waals surface area contributed by atoms with E-state index in [-0.39, 0.29) is 54.7 Å². The monoisotopic (exact) mass is 510 g/mol. The molecule has 9 heteroatoms. The minimum Gasteiger partial charge on any atom is -0.376 e. The summed E-state index contributed by atoms with van der Waals surface area (Å²) >= 11 is 0. The van der Waals surface area contributed by atoms with Crippen LogP contribution in [0.25, 0.3) is 0 Å². The quantitative estimate of drug-likeness (QED) is 0.339. The topological polar surface area (TPSA) is 75.6 Å². The molecule has 3 rings (SSSR count). The van der Waals surface area contributed by atoms with Gasteiger partial charge < -0.3 is 29.3 Å². The van der Waals surface area contributed by atoms with Crippen LogP contribution in [-0.2, 0) is 19.0 Å². The first-order chi connectivity index (χ1) is 13.1. The Hall–Kier alpha value is -0.650. The third-order valence-electron chi connectivity index (χ3n) is 5.40. The molecule has 3 aliphatic heterocycles. The van der Waals surface area contributed by atoms with Gasteiger partial charge in [-0.25, -0.2) is 4.99 Å². The van der Waals surface area contributed by atoms with Crippen molar-refractivity contribution in [2.75, 3.05) is 60.1 Å². The van der Waals surface area contributed by atoms with Crippen LogP contribution in [0.2, 0.25) is 0 Å². The highest BCUT2D eigenvalue weighted by molar-refractivity contribution is 14.0. The van der Waals surface area contributed by atoms with Gasteiger partial charge in [0.25, 0.3) is 0 Å². The molecular formula is C19H35IN4O4. The van der Waals surface area contributed by atoms with Gasteiger partial charge in [-0.3, -0.25) is 4.79 Å². The molecular weight excluding hydrogens is 475 g/mol. The number of guanidine groups is 1. The number of carbonyl (C=O) groups excluding carboxylic acids is 1. The maximum Gasteiger partial charge on any atom is 0.243 e. The average Bonchev–Trinajstić information content (AvgIpc) is 3.23. The number of nitrogens with zero attached hydrogens (tertiary/aromatic N) is 3. The maximum atomic E-state index is 12.0. The number of ether oxygens (including phenoxy) is 3. The molecule has 1 amide bonds. The van der Waals surface area contributed by atoms with Crippen LogP contribution in [0.5, 0.6) is 0 Å². The average molecular weight is 510 g/mol. The fourth-order valence-electron chi connectivity index (χ4n) is 3.71. The number of amides is 1. The first-order valence-electron chi connectivity index (χ1n) is 10.2. The predicted molar refractivity (Wildman–Crippen MR) is 118 cm³/mol. The summed E-state index contributed by atoms with van der Waals surface area (Å²) in [5.74, 6) is 0.762. The van der Waals surface area contributed by atoms with E-state index in [1.807, 2.05) is 0 Å². The molecule has 8 nitrogen and oxygen atoms in total. The predicted octanol–water partition coefficient (Wildman–Crippen LogP) is 1.09. The number of halogens is 1. The minimum atomic E-state index is -0.00727. The molecule has 0 aliphatic carbocycles. The summed E-state index contributed by atoms with van der Waals surface area (Å²) in [6.07, 6.45) is 6.00. The van der Waals surface area contributed by atoms with Crippen LogP contribution >= 0.6 is 24.0 Å². The molecule has 0 bridgehead atoms. The van der Waals surface area contributed by atoms with Gasteiger partial charge in [0, 0.05) is 46.9 Å². The molecule has 0 saturated carbocycles. The Morgan fingerprint density at radius 2 is 1.86 bits per heavy atom. The molecule has 3 atom stereocenters. The van der Waals surface area contributed by atoms with Gasteiger partial charge in [0.1, 0.15) is 12.6 Å². The largest absolute Gasteiger partial charge is 0.376 e. The third kappa shape index (κ3) is 7.00. The van der Waals surface area contributed by atoms with Crippen molar-refractivity contribution in [1.29, 1.82) is 0 Å². The summed E-state index contributed by atoms with van der Waals surface area (Å²) in [7, 11) is 3.51. The number of likely N-dealkylation sites (N-methyl/N-ethyl adjacent to an activating group) is 1. The Morgan fingerprint density at radius 1 is 1.07 bits per heavy atom. The summed E-state index contributed by atoms with van der Waals surface area (Å²) in [5.41, 5.74) is 0. The molecule has 0 radical (unpaired) electrons. The molecule has 0 aromatic carbocycles. The zero-order valence-corrected chi connectivity index (χ0v) is 19.4. The first-order valence-corrected chi connectivity index (χ1v) is 10.2. The fourth-order valence-corrected chi connectivity index (χ4v) is 3.71. The van der Waals surface area contributed by atoms with Crippen molar-refractivity contribution in [3.63, 3.8) is 0 Å². The number of carbonyl (C=O) groups is 1. The number of morpholine rings is 1. The van der Waals surface area contributed by atoms with E-state index in [1.54, 1.807) is 19.0 Å². The molecule has 1 N–H and O–H groups in total. The van der Waals surface area contributed by atoms with E-state index in [1.165, 1.54) is 6.42 Å². The molecule has 3 heterocycles. The van der Waals surface area contributed by atoms with Crippen LogP contribution < -0.4 is 5.32 Å². The highest BCUT2D eigenvalue weighted by Crippen LogP contribution is 2.21. The Balaban J connectivity index is 0.00000280. The second-order valence-electron chi connectivity index (χ2n) is 7.70. The summed E-state index contributed by atoms with van der Waals surface area (Å²) in [6.45, 7) is 4.65. The minimum absolute atomic E-state index is 0. The summed E-state index contributed by atoms with van der Waals surface area (Å²) in [6, 6.07) is 0. The van der Waals surface area contributed by atoms with Gasteiger partial charge in [0.05, 0.1) is 18.8 Å². The van der Waals surface area contributed by atoms with Gasteiger partial charge in [-0.15, -0.1) is 24.0 Å². The van der Waals surface area contributed by atoms with Gasteiger partial charge in [0.2, 0.25) is 5.91 Å². The highest BCUT2D eigenvalue weighted by Gasteiger charge is 2.32. The smallest absolute Gasteiger partial charge is 0.243 e. The lowest BCUT2D eigenvalue weighted by atomic mass is 10.1. The first kappa shape index (κ1) is 23.6. The van der Waals surface area contributed by atoms with E-state index in [4.69, 9.17) is 14.2 Å². The lowest BCUT2D eigenvalue weighted by Crippen LogP contribution is -2.54. The summed E-state index contributed by atoms with van der Waals surface area (Å²) in [5, 5.41) is 3.45. The van der Waals surface area contributed by atoms with Crippen LogP contribution in [0, 0.1) is 0 Å². The molecule has 0 aromatic rings. The van der Waals surface area contributed by atoms with Crippen molar-refractivity contribution >= 4 is 35.8 Å². The SMILES string of the molecule is CN(C)C(=O)CN=C(NCC1CCCCO1)N1CCOC(C2CCCO2)C1.I. The van der Waals surface area contributed by atoms with E-state index in [9.17, 15) is 4.79 Å². The van der Waals surface area contributed by atoms with E-state index >= 15 is 0 Å². The van der Waals surface area contributed by atoms with Crippen molar-refractivity contribution in [3.8, 4) is 0 Å². The molecule has 3 fully saturated rings. The Bertz CT molecular complexity index is 508. The van der Waals surface area contributed by atoms with E-state index < -0.39 is 0 Å². The van der Waals surface area contributed by atoms with Gasteiger partial charge in [0.15, 0.2) is 5.96 Å². The summed E-state index contributed by atoms with van der Waals surface area (Å²) in [4.78, 5) is 20.4. The molecule has 162 valence electrons. The third-order valence-corrected chi connectivity index (χ3v) is 5.40. The second-order valence-corrected chi connectivity index (χ2v) is 7.70. The van der Waals surface area contributed by atoms with Crippen molar-refractivity contribution in [2.24, 2.45) is 4.99 Å². The fraction of sp³-hybridized carbons (Fsp3) is 0.895. The molecule has 0 aromatic heterocycles. The highest BCUT2D eigenvalue weighted by atomic mass is 127. The Kier molecular flexibility index (Phi) is 10.2. The molecule has 3 saturated heterocycles. The van der Waals surface area contributed by atoms with Gasteiger partial charge in [-0.05, 0) is 32.1 Å². The molecule has 3 unspecified atom stereocenters. The van der Waals surface area contributed by atoms with Crippen LogP contribution in [-0.4, -0.2) is 100 Å². The maximum absolute atomic E-state index is 12.0. The van der Waals surface area contributed by atoms with Crippen LogP contribution in [0.15, 0.2) is 4.99 Å². The molecule has 28 heavy (non-hydrogen) atoms. The van der Waals surface area contributed by atoms with E-state index in [2.05, 4.69) is 15.2 Å².